The van der Waals surface area contributed by atoms with Crippen LogP contribution in [0, 0.1) is 0 Å². The third-order valence-corrected chi connectivity index (χ3v) is 5.70. The van der Waals surface area contributed by atoms with Crippen LogP contribution in [0.3, 0.4) is 0 Å². The number of nitrogens with one attached hydrogen (secondary N) is 1. The number of unbranched alkanes of at least 4 members (excludes halogenated alkanes) is 1. The summed E-state index contributed by atoms with van der Waals surface area (Å²) < 4.78 is 1.72. The molecule has 1 aliphatic carbocycles. The molecule has 1 aliphatic rings. The van der Waals surface area contributed by atoms with Crippen LogP contribution in [0.1, 0.15) is 72.3 Å². The summed E-state index contributed by atoms with van der Waals surface area (Å²) in [7, 11) is 0. The average Bonchev–Trinajstić information content (AvgIpc) is 3.47. The number of tetrazole rings is 1. The molecule has 9 heteroatoms. The van der Waals surface area contributed by atoms with Gasteiger partial charge in [-0.05, 0) is 47.6 Å². The highest BCUT2D eigenvalue weighted by atomic mass is 35.5. The molecule has 0 spiro atoms. The van der Waals surface area contributed by atoms with Crippen molar-refractivity contribution in [3.63, 3.8) is 0 Å². The van der Waals surface area contributed by atoms with Gasteiger partial charge in [0.25, 0.3) is 0 Å². The quantitative estimate of drug-likeness (QED) is 0.557. The minimum atomic E-state index is -1.06. The van der Waals surface area contributed by atoms with Gasteiger partial charge in [0, 0.05) is 18.5 Å². The number of rotatable bonds is 8. The zero-order valence-electron chi connectivity index (χ0n) is 16.7. The first-order valence-electron chi connectivity index (χ1n) is 10.1. The Morgan fingerprint density at radius 2 is 2.00 bits per heavy atom. The molecular weight excluding hydrogens is 404 g/mol. The molecule has 0 aliphatic heterocycles. The number of hydrogen-bond donors (Lipinski definition) is 2. The molecule has 0 amide bonds. The van der Waals surface area contributed by atoms with E-state index in [1.54, 1.807) is 4.57 Å². The summed E-state index contributed by atoms with van der Waals surface area (Å²) in [5.74, 6) is 0.306. The van der Waals surface area contributed by atoms with E-state index < -0.39 is 5.97 Å². The van der Waals surface area contributed by atoms with Crippen LogP contribution in [0.25, 0.3) is 11.1 Å². The molecule has 0 atom stereocenters. The molecule has 0 saturated heterocycles. The van der Waals surface area contributed by atoms with Crippen LogP contribution in [0.4, 0.5) is 0 Å². The summed E-state index contributed by atoms with van der Waals surface area (Å²) >= 11 is 6.13. The Kier molecular flexibility index (Phi) is 5.94. The summed E-state index contributed by atoms with van der Waals surface area (Å²) in [6.07, 6.45) is 5.61. The van der Waals surface area contributed by atoms with Gasteiger partial charge in [-0.15, -0.1) is 10.2 Å². The molecule has 2 heterocycles. The van der Waals surface area contributed by atoms with Gasteiger partial charge in [-0.1, -0.05) is 49.2 Å². The molecule has 0 bridgehead atoms. The number of aryl methyl sites for hydroxylation is 1. The van der Waals surface area contributed by atoms with Gasteiger partial charge in [-0.3, -0.25) is 0 Å². The van der Waals surface area contributed by atoms with Gasteiger partial charge in [-0.25, -0.2) is 9.78 Å². The Morgan fingerprint density at radius 3 is 2.67 bits per heavy atom. The highest BCUT2D eigenvalue weighted by molar-refractivity contribution is 6.32. The number of hydrogen-bond acceptors (Lipinski definition) is 5. The summed E-state index contributed by atoms with van der Waals surface area (Å²) in [6, 6.07) is 8.19. The second kappa shape index (κ2) is 8.79. The van der Waals surface area contributed by atoms with Gasteiger partial charge in [0.15, 0.2) is 10.8 Å². The van der Waals surface area contributed by atoms with Gasteiger partial charge < -0.3 is 9.67 Å². The fourth-order valence-electron chi connectivity index (χ4n) is 3.96. The largest absolute Gasteiger partial charge is 0.476 e. The number of imidazole rings is 1. The molecule has 0 unspecified atom stereocenters. The SMILES string of the molecule is CCCCc1nc(Cl)c(C(=O)O)n1Cc1ccc(C2=C(c3nn[nH]n3)CCC2)cc1. The number of carboxylic acids is 1. The Hall–Kier alpha value is -3.00. The Bertz CT molecular complexity index is 1070. The van der Waals surface area contributed by atoms with Gasteiger partial charge in [0.2, 0.25) is 5.82 Å². The number of aromatic nitrogens is 6. The number of H-pyrrole nitrogens is 1. The number of carboxylic acid groups (broad SMARTS) is 1. The number of benzene rings is 1. The zero-order chi connectivity index (χ0) is 21.1. The van der Waals surface area contributed by atoms with E-state index in [-0.39, 0.29) is 10.8 Å². The third kappa shape index (κ3) is 4.00. The van der Waals surface area contributed by atoms with Crippen LogP contribution >= 0.6 is 11.6 Å². The van der Waals surface area contributed by atoms with Crippen molar-refractivity contribution in [3.05, 3.63) is 57.9 Å². The first-order valence-corrected chi connectivity index (χ1v) is 10.5. The number of allylic oxidation sites excluding steroid dienone is 2. The first-order chi connectivity index (χ1) is 14.6. The molecule has 0 saturated carbocycles. The fourth-order valence-corrected chi connectivity index (χ4v) is 4.24. The highest BCUT2D eigenvalue weighted by Gasteiger charge is 2.22. The lowest BCUT2D eigenvalue weighted by Gasteiger charge is -2.11. The van der Waals surface area contributed by atoms with E-state index in [1.807, 2.05) is 12.1 Å². The predicted molar refractivity (Wildman–Crippen MR) is 113 cm³/mol. The monoisotopic (exact) mass is 426 g/mol. The molecule has 2 aromatic heterocycles. The lowest BCUT2D eigenvalue weighted by atomic mass is 10.0. The van der Waals surface area contributed by atoms with Crippen LogP contribution in [0.15, 0.2) is 24.3 Å². The van der Waals surface area contributed by atoms with E-state index in [2.05, 4.69) is 44.7 Å². The van der Waals surface area contributed by atoms with Crippen molar-refractivity contribution in [2.75, 3.05) is 0 Å². The summed E-state index contributed by atoms with van der Waals surface area (Å²) in [5.41, 5.74) is 4.54. The van der Waals surface area contributed by atoms with Crippen molar-refractivity contribution in [2.24, 2.45) is 0 Å². The molecule has 156 valence electrons. The first kappa shape index (κ1) is 20.3. The molecule has 0 fully saturated rings. The van der Waals surface area contributed by atoms with E-state index >= 15 is 0 Å². The van der Waals surface area contributed by atoms with Crippen LogP contribution in [-0.4, -0.2) is 41.3 Å². The maximum atomic E-state index is 11.7. The molecule has 3 aromatic rings. The number of nitrogens with zero attached hydrogens (tertiary/aromatic N) is 5. The topological polar surface area (TPSA) is 110 Å². The average molecular weight is 427 g/mol. The maximum absolute atomic E-state index is 11.7. The lowest BCUT2D eigenvalue weighted by Crippen LogP contribution is -2.13. The molecule has 0 radical (unpaired) electrons. The molecule has 2 N–H and O–H groups in total. The second-order valence-electron chi connectivity index (χ2n) is 7.41. The second-order valence-corrected chi connectivity index (χ2v) is 7.76. The standard InChI is InChI=1S/C21H23ClN6O2/c1-2-3-7-17-23-19(22)18(21(29)30)28(17)12-13-8-10-14(11-9-13)15-5-4-6-16(15)20-24-26-27-25-20/h8-11H,2-7,12H2,1H3,(H,29,30)(H,24,25,26,27). The van der Waals surface area contributed by atoms with E-state index in [0.717, 1.165) is 48.8 Å². The Balaban J connectivity index is 1.62. The third-order valence-electron chi connectivity index (χ3n) is 5.44. The van der Waals surface area contributed by atoms with Crippen molar-refractivity contribution in [3.8, 4) is 0 Å². The number of halogens is 1. The van der Waals surface area contributed by atoms with Gasteiger partial charge >= 0.3 is 5.97 Å². The smallest absolute Gasteiger partial charge is 0.355 e. The molecule has 4 rings (SSSR count). The maximum Gasteiger partial charge on any atom is 0.355 e. The number of aromatic carboxylic acids is 1. The van der Waals surface area contributed by atoms with Gasteiger partial charge in [0.05, 0.1) is 0 Å². The van der Waals surface area contributed by atoms with Crippen LogP contribution in [-0.2, 0) is 13.0 Å². The van der Waals surface area contributed by atoms with Gasteiger partial charge in [0.1, 0.15) is 5.82 Å². The van der Waals surface area contributed by atoms with Crippen LogP contribution < -0.4 is 0 Å². The lowest BCUT2D eigenvalue weighted by molar-refractivity contribution is 0.0685. The van der Waals surface area contributed by atoms with Crippen molar-refractivity contribution < 1.29 is 9.90 Å². The van der Waals surface area contributed by atoms with E-state index in [4.69, 9.17) is 11.6 Å². The van der Waals surface area contributed by atoms with E-state index in [1.165, 1.54) is 5.57 Å². The Morgan fingerprint density at radius 1 is 1.23 bits per heavy atom. The van der Waals surface area contributed by atoms with Crippen molar-refractivity contribution >= 4 is 28.7 Å². The molecule has 30 heavy (non-hydrogen) atoms. The fraction of sp³-hybridized carbons (Fsp3) is 0.381. The predicted octanol–water partition coefficient (Wildman–Crippen LogP) is 4.23. The van der Waals surface area contributed by atoms with Crippen LogP contribution in [0.2, 0.25) is 5.15 Å². The minimum absolute atomic E-state index is 0.0461. The van der Waals surface area contributed by atoms with Crippen molar-refractivity contribution in [2.45, 2.75) is 52.0 Å². The van der Waals surface area contributed by atoms with E-state index in [0.29, 0.717) is 24.6 Å². The van der Waals surface area contributed by atoms with Crippen LogP contribution in [0.5, 0.6) is 0 Å². The van der Waals surface area contributed by atoms with Gasteiger partial charge in [-0.2, -0.15) is 5.21 Å². The number of aromatic amines is 1. The zero-order valence-corrected chi connectivity index (χ0v) is 17.5. The summed E-state index contributed by atoms with van der Waals surface area (Å²) in [5, 5.41) is 24.1. The minimum Gasteiger partial charge on any atom is -0.476 e. The summed E-state index contributed by atoms with van der Waals surface area (Å²) in [6.45, 7) is 2.50. The molecule has 1 aromatic carbocycles. The van der Waals surface area contributed by atoms with E-state index in [9.17, 15) is 9.90 Å². The normalized spacial score (nSPS) is 13.9. The molecule has 8 nitrogen and oxygen atoms in total. The molecular formula is C21H23ClN6O2. The Labute approximate surface area is 179 Å². The highest BCUT2D eigenvalue weighted by Crippen LogP contribution is 2.38. The van der Waals surface area contributed by atoms with Crippen molar-refractivity contribution in [1.29, 1.82) is 0 Å². The van der Waals surface area contributed by atoms with Crippen molar-refractivity contribution in [1.82, 2.24) is 30.2 Å². The summed E-state index contributed by atoms with van der Waals surface area (Å²) in [4.78, 5) is 16.0. The number of carbonyl (C=O) groups is 1.